The molecule has 0 fully saturated rings. The monoisotopic (exact) mass is 875 g/mol. The third-order valence-corrected chi connectivity index (χ3v) is 18.7. The highest BCUT2D eigenvalue weighted by molar-refractivity contribution is 7.19. The van der Waals surface area contributed by atoms with Crippen LogP contribution in [0.25, 0.3) is 55.0 Å². The molecule has 2 aromatic heterocycles. The third-order valence-electron chi connectivity index (χ3n) is 13.9. The van der Waals surface area contributed by atoms with Gasteiger partial charge in [0.25, 0.3) is 0 Å². The topological polar surface area (TPSA) is 22.3 Å². The van der Waals surface area contributed by atoms with Gasteiger partial charge in [-0.1, -0.05) is 163 Å². The van der Waals surface area contributed by atoms with Crippen LogP contribution in [-0.2, 0) is 0 Å². The highest BCUT2D eigenvalue weighted by atomic mass is 28.3. The summed E-state index contributed by atoms with van der Waals surface area (Å²) in [5.74, 6) is 1.59. The van der Waals surface area contributed by atoms with Gasteiger partial charge in [-0.15, -0.1) is 0 Å². The molecule has 0 saturated heterocycles. The lowest BCUT2D eigenvalue weighted by Crippen LogP contribution is -2.74. The number of nitrogens with zero attached hydrogens (tertiary/aromatic N) is 3. The van der Waals surface area contributed by atoms with Crippen molar-refractivity contribution in [2.45, 2.75) is 13.8 Å². The molecule has 13 rings (SSSR count). The first-order chi connectivity index (χ1) is 33.0. The maximum atomic E-state index is 7.24. The molecular weight excluding hydrogens is 831 g/mol. The lowest BCUT2D eigenvalue weighted by atomic mass is 10.1. The van der Waals surface area contributed by atoms with Gasteiger partial charge in [-0.3, -0.25) is 0 Å². The summed E-state index contributed by atoms with van der Waals surface area (Å²) in [6.07, 6.45) is 0. The standard InChI is InChI=1S/C62H45N3OSi/c1-42-29-33-57-53(37-42)54-38-43(2)30-34-58(54)64(57)46-32-36-60-62(41-46)66-61-40-45(63-55-27-14-12-25-51(55)52-26-13-15-28-56(52)63)31-35-59(61)65(60)44-17-16-24-50(39-44)67(47-18-6-3-7-19-47,48-20-8-4-9-21-48)49-22-10-5-11-23-49/h3-41H,1-2H3. The van der Waals surface area contributed by atoms with Gasteiger partial charge in [0.1, 0.15) is 0 Å². The van der Waals surface area contributed by atoms with Crippen LogP contribution < -0.4 is 30.4 Å². The van der Waals surface area contributed by atoms with Crippen LogP contribution in [-0.4, -0.2) is 17.2 Å². The minimum atomic E-state index is -2.85. The molecule has 0 atom stereocenters. The Bertz CT molecular complexity index is 3660. The Morgan fingerprint density at radius 1 is 0.313 bits per heavy atom. The Labute approximate surface area is 390 Å². The Morgan fingerprint density at radius 3 is 1.21 bits per heavy atom. The van der Waals surface area contributed by atoms with E-state index in [2.05, 4.69) is 264 Å². The SMILES string of the molecule is Cc1ccc2c(c1)c1cc(C)ccc1n2-c1ccc2c(c1)Oc1cc(-n3c4ccccc4c4ccccc43)ccc1N2c1cccc([Si](c2ccccc2)(c2ccccc2)c2ccccc2)c1. The minimum absolute atomic E-state index is 0.792. The molecule has 1 aliphatic heterocycles. The third kappa shape index (κ3) is 6.05. The van der Waals surface area contributed by atoms with Crippen LogP contribution in [0.15, 0.2) is 237 Å². The lowest BCUT2D eigenvalue weighted by Gasteiger charge is -2.37. The fourth-order valence-electron chi connectivity index (χ4n) is 11.0. The van der Waals surface area contributed by atoms with Gasteiger partial charge < -0.3 is 18.8 Å². The largest absolute Gasteiger partial charge is 0.453 e. The molecule has 0 aliphatic carbocycles. The molecule has 0 amide bonds. The average Bonchev–Trinajstić information content (AvgIpc) is 3.88. The number of ether oxygens (including phenoxy) is 1. The summed E-state index contributed by atoms with van der Waals surface area (Å²) in [6.45, 7) is 4.34. The second-order valence-electron chi connectivity index (χ2n) is 17.9. The van der Waals surface area contributed by atoms with Crippen LogP contribution in [0.3, 0.4) is 0 Å². The van der Waals surface area contributed by atoms with E-state index in [1.807, 2.05) is 0 Å². The van der Waals surface area contributed by atoms with E-state index in [1.165, 1.54) is 64.5 Å². The summed E-state index contributed by atoms with van der Waals surface area (Å²) in [5, 5.41) is 10.3. The van der Waals surface area contributed by atoms with E-state index < -0.39 is 8.07 Å². The molecule has 0 saturated carbocycles. The van der Waals surface area contributed by atoms with Crippen LogP contribution in [0, 0.1) is 13.8 Å². The maximum absolute atomic E-state index is 7.24. The summed E-state index contributed by atoms with van der Waals surface area (Å²) in [7, 11) is -2.85. The van der Waals surface area contributed by atoms with Gasteiger partial charge >= 0.3 is 0 Å². The van der Waals surface area contributed by atoms with Crippen LogP contribution in [0.2, 0.25) is 0 Å². The quantitative estimate of drug-likeness (QED) is 0.118. The summed E-state index contributed by atoms with van der Waals surface area (Å²) in [4.78, 5) is 2.41. The summed E-state index contributed by atoms with van der Waals surface area (Å²) in [5.41, 5.74) is 12.3. The number of para-hydroxylation sites is 2. The van der Waals surface area contributed by atoms with E-state index in [1.54, 1.807) is 0 Å². The number of hydrogen-bond acceptors (Lipinski definition) is 2. The number of benzene rings is 10. The Kier molecular flexibility index (Phi) is 8.95. The summed E-state index contributed by atoms with van der Waals surface area (Å²) >= 11 is 0. The molecule has 10 aromatic carbocycles. The fraction of sp³-hybridized carbons (Fsp3) is 0.0323. The molecular formula is C62H45N3OSi. The van der Waals surface area contributed by atoms with Crippen molar-refractivity contribution in [1.82, 2.24) is 9.13 Å². The number of fused-ring (bicyclic) bond motifs is 8. The van der Waals surface area contributed by atoms with E-state index in [0.717, 1.165) is 51.0 Å². The van der Waals surface area contributed by atoms with Crippen molar-refractivity contribution < 1.29 is 4.74 Å². The number of anilines is 3. The molecule has 0 spiro atoms. The molecule has 67 heavy (non-hydrogen) atoms. The fourth-order valence-corrected chi connectivity index (χ4v) is 15.8. The molecule has 318 valence electrons. The van der Waals surface area contributed by atoms with Crippen molar-refractivity contribution in [1.29, 1.82) is 0 Å². The van der Waals surface area contributed by atoms with Crippen LogP contribution in [0.5, 0.6) is 11.5 Å². The average molecular weight is 876 g/mol. The van der Waals surface area contributed by atoms with Crippen molar-refractivity contribution in [3.05, 3.63) is 248 Å². The van der Waals surface area contributed by atoms with Gasteiger partial charge in [0.2, 0.25) is 0 Å². The molecule has 0 bridgehead atoms. The van der Waals surface area contributed by atoms with Gasteiger partial charge in [-0.25, -0.2) is 0 Å². The highest BCUT2D eigenvalue weighted by Crippen LogP contribution is 2.52. The Balaban J connectivity index is 1.05. The molecule has 0 N–H and O–H groups in total. The van der Waals surface area contributed by atoms with Gasteiger partial charge in [-0.05, 0) is 107 Å². The zero-order valence-electron chi connectivity index (χ0n) is 37.3. The normalized spacial score (nSPS) is 12.4. The van der Waals surface area contributed by atoms with Gasteiger partial charge in [-0.2, -0.15) is 0 Å². The van der Waals surface area contributed by atoms with Crippen LogP contribution >= 0.6 is 0 Å². The van der Waals surface area contributed by atoms with E-state index in [0.29, 0.717) is 0 Å². The molecule has 0 radical (unpaired) electrons. The highest BCUT2D eigenvalue weighted by Gasteiger charge is 2.42. The zero-order chi connectivity index (χ0) is 44.6. The predicted molar refractivity (Wildman–Crippen MR) is 283 cm³/mol. The first-order valence-corrected chi connectivity index (χ1v) is 25.1. The van der Waals surface area contributed by atoms with Crippen molar-refractivity contribution in [3.63, 3.8) is 0 Å². The Morgan fingerprint density at radius 2 is 0.731 bits per heavy atom. The molecule has 1 aliphatic rings. The zero-order valence-corrected chi connectivity index (χ0v) is 38.3. The Hall–Kier alpha value is -8.38. The van der Waals surface area contributed by atoms with Gasteiger partial charge in [0, 0.05) is 39.4 Å². The molecule has 0 unspecified atom stereocenters. The smallest absolute Gasteiger partial charge is 0.179 e. The van der Waals surface area contributed by atoms with Crippen LogP contribution in [0.1, 0.15) is 11.1 Å². The molecule has 4 nitrogen and oxygen atoms in total. The van der Waals surface area contributed by atoms with E-state index in [9.17, 15) is 0 Å². The lowest BCUT2D eigenvalue weighted by molar-refractivity contribution is 0.476. The molecule has 5 heteroatoms. The van der Waals surface area contributed by atoms with Gasteiger partial charge in [0.05, 0.1) is 44.8 Å². The second kappa shape index (κ2) is 15.4. The van der Waals surface area contributed by atoms with Crippen molar-refractivity contribution >= 4 is 89.5 Å². The maximum Gasteiger partial charge on any atom is 0.179 e. The first-order valence-electron chi connectivity index (χ1n) is 23.1. The molecule has 12 aromatic rings. The summed E-state index contributed by atoms with van der Waals surface area (Å²) in [6, 6.07) is 87.2. The van der Waals surface area contributed by atoms with Gasteiger partial charge in [0.15, 0.2) is 19.6 Å². The van der Waals surface area contributed by atoms with Crippen molar-refractivity contribution in [2.24, 2.45) is 0 Å². The predicted octanol–water partition coefficient (Wildman–Crippen LogP) is 13.5. The van der Waals surface area contributed by atoms with Crippen molar-refractivity contribution in [2.75, 3.05) is 4.90 Å². The number of rotatable bonds is 7. The van der Waals surface area contributed by atoms with E-state index in [4.69, 9.17) is 4.74 Å². The molecule has 3 heterocycles. The minimum Gasteiger partial charge on any atom is -0.453 e. The number of aromatic nitrogens is 2. The number of hydrogen-bond donors (Lipinski definition) is 0. The number of aryl methyl sites for hydroxylation is 2. The van der Waals surface area contributed by atoms with E-state index >= 15 is 0 Å². The first kappa shape index (κ1) is 39.0. The van der Waals surface area contributed by atoms with E-state index in [-0.39, 0.29) is 0 Å². The van der Waals surface area contributed by atoms with Crippen molar-refractivity contribution in [3.8, 4) is 22.9 Å². The summed E-state index contributed by atoms with van der Waals surface area (Å²) < 4.78 is 12.0. The second-order valence-corrected chi connectivity index (χ2v) is 21.7. The van der Waals surface area contributed by atoms with Crippen LogP contribution in [0.4, 0.5) is 17.1 Å².